The number of anilines is 2. The van der Waals surface area contributed by atoms with Crippen molar-refractivity contribution in [2.75, 3.05) is 34.8 Å². The number of rotatable bonds is 5. The van der Waals surface area contributed by atoms with Gasteiger partial charge in [-0.2, -0.15) is 11.8 Å². The zero-order valence-electron chi connectivity index (χ0n) is 15.7. The maximum Gasteiger partial charge on any atom is 0.253 e. The number of benzene rings is 2. The van der Waals surface area contributed by atoms with Gasteiger partial charge in [0, 0.05) is 30.3 Å². The quantitative estimate of drug-likeness (QED) is 0.646. The Bertz CT molecular complexity index is 920. The van der Waals surface area contributed by atoms with Gasteiger partial charge in [0.05, 0.1) is 26.3 Å². The summed E-state index contributed by atoms with van der Waals surface area (Å²) in [5.41, 5.74) is 1.74. The highest BCUT2D eigenvalue weighted by Gasteiger charge is 2.20. The van der Waals surface area contributed by atoms with Crippen LogP contribution in [0.25, 0.3) is 0 Å². The van der Waals surface area contributed by atoms with E-state index in [1.54, 1.807) is 31.2 Å². The van der Waals surface area contributed by atoms with Crippen LogP contribution in [0.3, 0.4) is 0 Å². The summed E-state index contributed by atoms with van der Waals surface area (Å²) in [6.07, 6.45) is 0. The summed E-state index contributed by atoms with van der Waals surface area (Å²) >= 11 is 20.4. The average Bonchev–Trinajstić information content (AvgIpc) is 2.70. The standard InChI is InChI=1S/C20H20Cl3N3O2S/c1-12(24-20(28)14-3-2-4-15(21)18(14)23)19(27)25-13-5-6-17(16(22)11-13)26-7-9-29-10-8-26/h2-6,11-12H,7-10H2,1H3,(H,24,28)(H,25,27). The van der Waals surface area contributed by atoms with Crippen LogP contribution in [0.1, 0.15) is 17.3 Å². The number of hydrogen-bond acceptors (Lipinski definition) is 4. The van der Waals surface area contributed by atoms with Gasteiger partial charge in [-0.3, -0.25) is 9.59 Å². The highest BCUT2D eigenvalue weighted by Crippen LogP contribution is 2.30. The molecule has 2 N–H and O–H groups in total. The second-order valence-corrected chi connectivity index (χ2v) is 8.97. The first-order valence-corrected chi connectivity index (χ1v) is 11.3. The van der Waals surface area contributed by atoms with Gasteiger partial charge >= 0.3 is 0 Å². The zero-order chi connectivity index (χ0) is 21.0. The number of hydrogen-bond donors (Lipinski definition) is 2. The van der Waals surface area contributed by atoms with Gasteiger partial charge in [-0.15, -0.1) is 0 Å². The first-order valence-electron chi connectivity index (χ1n) is 9.05. The predicted octanol–water partition coefficient (Wildman–Crippen LogP) is 4.96. The third-order valence-electron chi connectivity index (χ3n) is 4.50. The fourth-order valence-corrected chi connectivity index (χ4v) is 4.50. The molecule has 3 rings (SSSR count). The Morgan fingerprint density at radius 2 is 1.79 bits per heavy atom. The first kappa shape index (κ1) is 22.1. The van der Waals surface area contributed by atoms with Crippen molar-refractivity contribution in [3.63, 3.8) is 0 Å². The topological polar surface area (TPSA) is 61.4 Å². The van der Waals surface area contributed by atoms with Gasteiger partial charge in [-0.05, 0) is 37.3 Å². The van der Waals surface area contributed by atoms with E-state index in [0.717, 1.165) is 30.3 Å². The molecule has 0 aromatic heterocycles. The lowest BCUT2D eigenvalue weighted by atomic mass is 10.2. The molecule has 2 aromatic carbocycles. The Hall–Kier alpha value is -1.60. The van der Waals surface area contributed by atoms with Crippen molar-refractivity contribution >= 4 is 69.8 Å². The molecule has 29 heavy (non-hydrogen) atoms. The number of amides is 2. The molecule has 0 bridgehead atoms. The lowest BCUT2D eigenvalue weighted by molar-refractivity contribution is -0.117. The molecule has 0 saturated carbocycles. The number of nitrogens with zero attached hydrogens (tertiary/aromatic N) is 1. The maximum absolute atomic E-state index is 12.5. The van der Waals surface area contributed by atoms with Crippen molar-refractivity contribution < 1.29 is 9.59 Å². The van der Waals surface area contributed by atoms with Crippen LogP contribution in [0.4, 0.5) is 11.4 Å². The van der Waals surface area contributed by atoms with E-state index in [9.17, 15) is 9.59 Å². The summed E-state index contributed by atoms with van der Waals surface area (Å²) in [6.45, 7) is 3.49. The fraction of sp³-hybridized carbons (Fsp3) is 0.300. The molecule has 0 aliphatic carbocycles. The highest BCUT2D eigenvalue weighted by molar-refractivity contribution is 7.99. The molecule has 0 spiro atoms. The molecule has 1 aliphatic rings. The van der Waals surface area contributed by atoms with Gasteiger partial charge in [0.15, 0.2) is 0 Å². The Morgan fingerprint density at radius 1 is 1.07 bits per heavy atom. The van der Waals surface area contributed by atoms with E-state index in [1.165, 1.54) is 0 Å². The van der Waals surface area contributed by atoms with Crippen molar-refractivity contribution in [1.29, 1.82) is 0 Å². The van der Waals surface area contributed by atoms with Crippen molar-refractivity contribution in [1.82, 2.24) is 5.32 Å². The minimum atomic E-state index is -0.782. The molecule has 5 nitrogen and oxygen atoms in total. The van der Waals surface area contributed by atoms with Crippen molar-refractivity contribution in [3.8, 4) is 0 Å². The molecule has 1 heterocycles. The molecule has 0 radical (unpaired) electrons. The van der Waals surface area contributed by atoms with Crippen LogP contribution in [0.15, 0.2) is 36.4 Å². The Balaban J connectivity index is 1.62. The van der Waals surface area contributed by atoms with Crippen molar-refractivity contribution in [2.24, 2.45) is 0 Å². The largest absolute Gasteiger partial charge is 0.369 e. The molecule has 9 heteroatoms. The molecule has 154 valence electrons. The van der Waals surface area contributed by atoms with Gasteiger partial charge in [0.25, 0.3) is 5.91 Å². The molecule has 1 saturated heterocycles. The van der Waals surface area contributed by atoms with E-state index in [1.807, 2.05) is 23.9 Å². The number of carbonyl (C=O) groups is 2. The second kappa shape index (κ2) is 9.94. The van der Waals surface area contributed by atoms with Gasteiger partial charge in [0.1, 0.15) is 6.04 Å². The predicted molar refractivity (Wildman–Crippen MR) is 123 cm³/mol. The minimum Gasteiger partial charge on any atom is -0.369 e. The summed E-state index contributed by atoms with van der Waals surface area (Å²) in [4.78, 5) is 27.1. The highest BCUT2D eigenvalue weighted by atomic mass is 35.5. The van der Waals surface area contributed by atoms with E-state index >= 15 is 0 Å². The summed E-state index contributed by atoms with van der Waals surface area (Å²) < 4.78 is 0. The number of halogens is 3. The van der Waals surface area contributed by atoms with Crippen LogP contribution in [-0.2, 0) is 4.79 Å². The number of carbonyl (C=O) groups excluding carboxylic acids is 2. The second-order valence-electron chi connectivity index (χ2n) is 6.55. The lowest BCUT2D eigenvalue weighted by Crippen LogP contribution is -2.41. The smallest absolute Gasteiger partial charge is 0.253 e. The SMILES string of the molecule is CC(NC(=O)c1cccc(Cl)c1Cl)C(=O)Nc1ccc(N2CCSCC2)c(Cl)c1. The van der Waals surface area contributed by atoms with E-state index in [4.69, 9.17) is 34.8 Å². The summed E-state index contributed by atoms with van der Waals surface area (Å²) in [5.74, 6) is 1.30. The van der Waals surface area contributed by atoms with Crippen LogP contribution in [-0.4, -0.2) is 42.5 Å². The third kappa shape index (κ3) is 5.51. The van der Waals surface area contributed by atoms with Crippen LogP contribution < -0.4 is 15.5 Å². The van der Waals surface area contributed by atoms with Gasteiger partial charge in [0.2, 0.25) is 5.91 Å². The van der Waals surface area contributed by atoms with E-state index in [0.29, 0.717) is 10.7 Å². The molecular formula is C20H20Cl3N3O2S. The molecule has 1 fully saturated rings. The molecule has 2 aromatic rings. The summed E-state index contributed by atoms with van der Waals surface area (Å²) in [6, 6.07) is 9.41. The fourth-order valence-electron chi connectivity index (χ4n) is 2.91. The lowest BCUT2D eigenvalue weighted by Gasteiger charge is -2.29. The van der Waals surface area contributed by atoms with Gasteiger partial charge in [-0.1, -0.05) is 40.9 Å². The molecule has 1 atom stereocenters. The van der Waals surface area contributed by atoms with Crippen LogP contribution in [0, 0.1) is 0 Å². The van der Waals surface area contributed by atoms with Crippen molar-refractivity contribution in [3.05, 3.63) is 57.0 Å². The van der Waals surface area contributed by atoms with Gasteiger partial charge in [-0.25, -0.2) is 0 Å². The summed E-state index contributed by atoms with van der Waals surface area (Å²) in [5, 5.41) is 6.41. The van der Waals surface area contributed by atoms with Gasteiger partial charge < -0.3 is 15.5 Å². The maximum atomic E-state index is 12.5. The third-order valence-corrected chi connectivity index (χ3v) is 6.57. The summed E-state index contributed by atoms with van der Waals surface area (Å²) in [7, 11) is 0. The minimum absolute atomic E-state index is 0.151. The van der Waals surface area contributed by atoms with E-state index in [2.05, 4.69) is 15.5 Å². The van der Waals surface area contributed by atoms with Crippen LogP contribution in [0.5, 0.6) is 0 Å². The molecule has 2 amide bonds. The zero-order valence-corrected chi connectivity index (χ0v) is 18.8. The Morgan fingerprint density at radius 3 is 2.48 bits per heavy atom. The van der Waals surface area contributed by atoms with Crippen LogP contribution >= 0.6 is 46.6 Å². The monoisotopic (exact) mass is 471 g/mol. The Kier molecular flexibility index (Phi) is 7.57. The number of nitrogens with one attached hydrogen (secondary N) is 2. The molecule has 1 unspecified atom stereocenters. The van der Waals surface area contributed by atoms with Crippen molar-refractivity contribution in [2.45, 2.75) is 13.0 Å². The average molecular weight is 473 g/mol. The molecule has 1 aliphatic heterocycles. The van der Waals surface area contributed by atoms with E-state index < -0.39 is 11.9 Å². The van der Waals surface area contributed by atoms with Crippen LogP contribution in [0.2, 0.25) is 15.1 Å². The normalized spacial score (nSPS) is 15.0. The number of thioether (sulfide) groups is 1. The molecular weight excluding hydrogens is 453 g/mol. The Labute approximate surface area is 189 Å². The first-order chi connectivity index (χ1) is 13.9. The van der Waals surface area contributed by atoms with E-state index in [-0.39, 0.29) is 21.5 Å².